The fourth-order valence-electron chi connectivity index (χ4n) is 3.73. The number of carbonyl (C=O) groups is 1. The number of H-pyrrole nitrogens is 1. The first-order valence-corrected chi connectivity index (χ1v) is 12.5. The molecule has 35 heavy (non-hydrogen) atoms. The molecule has 0 atom stereocenters. The van der Waals surface area contributed by atoms with Crippen LogP contribution < -0.4 is 20.3 Å². The van der Waals surface area contributed by atoms with Crippen LogP contribution in [-0.2, 0) is 4.79 Å². The summed E-state index contributed by atoms with van der Waals surface area (Å²) in [7, 11) is 3.08. The standard InChI is InChI=1S/C24H21N5O4S2/c1-13-11-34-23(25-13)27-19(30)12-35-24-28-20-15-6-4-5-7-16(15)26-21(20)22(31)29(24)14-8-9-17(32-2)18(10-14)33-3/h4-11,26H,12H2,1-3H3,(H,25,27,30). The average Bonchev–Trinajstić information content (AvgIpc) is 3.45. The van der Waals surface area contributed by atoms with E-state index in [4.69, 9.17) is 14.5 Å². The minimum absolute atomic E-state index is 0.0478. The van der Waals surface area contributed by atoms with Gasteiger partial charge < -0.3 is 19.8 Å². The van der Waals surface area contributed by atoms with Gasteiger partial charge in [-0.15, -0.1) is 11.3 Å². The van der Waals surface area contributed by atoms with Gasteiger partial charge in [0.1, 0.15) is 11.0 Å². The Morgan fingerprint density at radius 2 is 1.94 bits per heavy atom. The van der Waals surface area contributed by atoms with E-state index in [0.717, 1.165) is 16.6 Å². The molecule has 0 aliphatic carbocycles. The Morgan fingerprint density at radius 3 is 2.69 bits per heavy atom. The van der Waals surface area contributed by atoms with Crippen molar-refractivity contribution < 1.29 is 14.3 Å². The van der Waals surface area contributed by atoms with Crippen LogP contribution in [0, 0.1) is 6.92 Å². The van der Waals surface area contributed by atoms with Crippen molar-refractivity contribution in [1.29, 1.82) is 0 Å². The maximum atomic E-state index is 13.7. The molecule has 5 rings (SSSR count). The second kappa shape index (κ2) is 9.43. The Hall–Kier alpha value is -3.83. The number of thiazole rings is 1. The predicted octanol–water partition coefficient (Wildman–Crippen LogP) is 4.38. The SMILES string of the molecule is COc1ccc(-n2c(SCC(=O)Nc3nc(C)cs3)nc3c([nH]c4ccccc43)c2=O)cc1OC. The molecular weight excluding hydrogens is 486 g/mol. The molecule has 0 radical (unpaired) electrons. The predicted molar refractivity (Wildman–Crippen MR) is 139 cm³/mol. The summed E-state index contributed by atoms with van der Waals surface area (Å²) in [6.45, 7) is 1.86. The van der Waals surface area contributed by atoms with Gasteiger partial charge in [-0.3, -0.25) is 14.2 Å². The molecule has 1 amide bonds. The minimum atomic E-state index is -0.281. The molecule has 0 aliphatic rings. The van der Waals surface area contributed by atoms with Gasteiger partial charge in [0, 0.05) is 22.3 Å². The lowest BCUT2D eigenvalue weighted by Crippen LogP contribution is -2.23. The molecule has 0 unspecified atom stereocenters. The topological polar surface area (TPSA) is 111 Å². The minimum Gasteiger partial charge on any atom is -0.493 e. The van der Waals surface area contributed by atoms with E-state index in [0.29, 0.717) is 38.5 Å². The van der Waals surface area contributed by atoms with E-state index in [2.05, 4.69) is 15.3 Å². The number of nitrogens with one attached hydrogen (secondary N) is 2. The van der Waals surface area contributed by atoms with Crippen molar-refractivity contribution in [2.75, 3.05) is 25.3 Å². The smallest absolute Gasteiger partial charge is 0.283 e. The molecule has 178 valence electrons. The quantitative estimate of drug-likeness (QED) is 0.248. The molecule has 0 aliphatic heterocycles. The third-order valence-electron chi connectivity index (χ3n) is 5.32. The Bertz CT molecular complexity index is 1620. The summed E-state index contributed by atoms with van der Waals surface area (Å²) in [6, 6.07) is 12.8. The van der Waals surface area contributed by atoms with Crippen LogP contribution in [0.1, 0.15) is 5.69 Å². The number of fused-ring (bicyclic) bond motifs is 3. The Labute approximate surface area is 208 Å². The van der Waals surface area contributed by atoms with E-state index < -0.39 is 0 Å². The largest absolute Gasteiger partial charge is 0.493 e. The zero-order valence-corrected chi connectivity index (χ0v) is 20.8. The van der Waals surface area contributed by atoms with Crippen molar-refractivity contribution in [2.24, 2.45) is 0 Å². The van der Waals surface area contributed by atoms with Crippen LogP contribution in [0.15, 0.2) is 57.8 Å². The highest BCUT2D eigenvalue weighted by Gasteiger charge is 2.19. The summed E-state index contributed by atoms with van der Waals surface area (Å²) in [5.41, 5.74) is 2.85. The van der Waals surface area contributed by atoms with E-state index >= 15 is 0 Å². The number of ether oxygens (including phenoxy) is 2. The monoisotopic (exact) mass is 507 g/mol. The lowest BCUT2D eigenvalue weighted by atomic mass is 10.2. The summed E-state index contributed by atoms with van der Waals surface area (Å²) < 4.78 is 12.2. The van der Waals surface area contributed by atoms with Gasteiger partial charge in [0.2, 0.25) is 5.91 Å². The first-order chi connectivity index (χ1) is 17.0. The second-order valence-corrected chi connectivity index (χ2v) is 9.40. The zero-order valence-electron chi connectivity index (χ0n) is 19.1. The fraction of sp³-hybridized carbons (Fsp3) is 0.167. The maximum absolute atomic E-state index is 13.7. The number of rotatable bonds is 7. The van der Waals surface area contributed by atoms with Crippen LogP contribution >= 0.6 is 23.1 Å². The molecule has 0 fully saturated rings. The number of hydrogen-bond acceptors (Lipinski definition) is 8. The van der Waals surface area contributed by atoms with Gasteiger partial charge in [0.25, 0.3) is 5.56 Å². The Morgan fingerprint density at radius 1 is 1.14 bits per heavy atom. The zero-order chi connectivity index (χ0) is 24.5. The first-order valence-electron chi connectivity index (χ1n) is 10.6. The van der Waals surface area contributed by atoms with Crippen LogP contribution in [-0.4, -0.2) is 45.4 Å². The highest BCUT2D eigenvalue weighted by molar-refractivity contribution is 7.99. The molecule has 0 saturated carbocycles. The number of methoxy groups -OCH3 is 2. The number of amides is 1. The molecule has 11 heteroatoms. The summed E-state index contributed by atoms with van der Waals surface area (Å²) in [5, 5.41) is 6.41. The Kier molecular flexibility index (Phi) is 6.18. The number of aromatic amines is 1. The molecule has 5 aromatic rings. The van der Waals surface area contributed by atoms with Crippen molar-refractivity contribution in [3.8, 4) is 17.2 Å². The average molecular weight is 508 g/mol. The molecule has 2 aromatic carbocycles. The number of thioether (sulfide) groups is 1. The summed E-state index contributed by atoms with van der Waals surface area (Å²) in [6.07, 6.45) is 0. The second-order valence-electron chi connectivity index (χ2n) is 7.60. The number of benzene rings is 2. The molecule has 9 nitrogen and oxygen atoms in total. The van der Waals surface area contributed by atoms with E-state index in [9.17, 15) is 9.59 Å². The molecule has 0 bridgehead atoms. The van der Waals surface area contributed by atoms with Gasteiger partial charge in [0.15, 0.2) is 21.8 Å². The number of para-hydroxylation sites is 1. The van der Waals surface area contributed by atoms with Crippen LogP contribution in [0.2, 0.25) is 0 Å². The fourth-order valence-corrected chi connectivity index (χ4v) is 5.24. The maximum Gasteiger partial charge on any atom is 0.283 e. The van der Waals surface area contributed by atoms with Crippen molar-refractivity contribution in [2.45, 2.75) is 12.1 Å². The van der Waals surface area contributed by atoms with Crippen LogP contribution in [0.25, 0.3) is 27.6 Å². The highest BCUT2D eigenvalue weighted by atomic mass is 32.2. The third kappa shape index (κ3) is 4.35. The molecule has 2 N–H and O–H groups in total. The van der Waals surface area contributed by atoms with E-state index in [1.807, 2.05) is 36.6 Å². The van der Waals surface area contributed by atoms with Crippen LogP contribution in [0.5, 0.6) is 11.5 Å². The summed E-state index contributed by atoms with van der Waals surface area (Å²) in [4.78, 5) is 38.6. The highest BCUT2D eigenvalue weighted by Crippen LogP contribution is 2.31. The third-order valence-corrected chi connectivity index (χ3v) is 7.13. The van der Waals surface area contributed by atoms with Gasteiger partial charge in [-0.1, -0.05) is 30.0 Å². The van der Waals surface area contributed by atoms with E-state index in [1.165, 1.54) is 34.8 Å². The van der Waals surface area contributed by atoms with E-state index in [-0.39, 0.29) is 17.2 Å². The number of carbonyl (C=O) groups excluding carboxylic acids is 1. The van der Waals surface area contributed by atoms with Crippen molar-refractivity contribution in [3.63, 3.8) is 0 Å². The number of aromatic nitrogens is 4. The summed E-state index contributed by atoms with van der Waals surface area (Å²) in [5.74, 6) is 0.820. The van der Waals surface area contributed by atoms with Crippen molar-refractivity contribution in [1.82, 2.24) is 19.5 Å². The molecule has 0 spiro atoms. The van der Waals surface area contributed by atoms with Crippen molar-refractivity contribution >= 4 is 56.1 Å². The number of anilines is 1. The van der Waals surface area contributed by atoms with Gasteiger partial charge in [-0.25, -0.2) is 9.97 Å². The molecule has 3 aromatic heterocycles. The van der Waals surface area contributed by atoms with Gasteiger partial charge in [-0.05, 0) is 25.1 Å². The van der Waals surface area contributed by atoms with E-state index in [1.54, 1.807) is 25.3 Å². The Balaban J connectivity index is 1.60. The molecule has 3 heterocycles. The van der Waals surface area contributed by atoms with Gasteiger partial charge in [0.05, 0.1) is 31.4 Å². The van der Waals surface area contributed by atoms with Crippen LogP contribution in [0.3, 0.4) is 0 Å². The number of nitrogens with zero attached hydrogens (tertiary/aromatic N) is 3. The lowest BCUT2D eigenvalue weighted by Gasteiger charge is -2.14. The number of hydrogen-bond donors (Lipinski definition) is 2. The molecular formula is C24H21N5O4S2. The normalized spacial score (nSPS) is 11.2. The first kappa shape index (κ1) is 22.9. The van der Waals surface area contributed by atoms with Gasteiger partial charge in [-0.2, -0.15) is 0 Å². The van der Waals surface area contributed by atoms with Gasteiger partial charge >= 0.3 is 0 Å². The molecule has 0 saturated heterocycles. The van der Waals surface area contributed by atoms with Crippen molar-refractivity contribution in [3.05, 3.63) is 63.9 Å². The number of aryl methyl sites for hydroxylation is 1. The summed E-state index contributed by atoms with van der Waals surface area (Å²) >= 11 is 2.53. The lowest BCUT2D eigenvalue weighted by molar-refractivity contribution is -0.113. The van der Waals surface area contributed by atoms with Crippen LogP contribution in [0.4, 0.5) is 5.13 Å².